The lowest BCUT2D eigenvalue weighted by molar-refractivity contribution is 0.0304. The van der Waals surface area contributed by atoms with Crippen molar-refractivity contribution in [2.45, 2.75) is 38.8 Å². The average Bonchev–Trinajstić information content (AvgIpc) is 3.22. The van der Waals surface area contributed by atoms with E-state index in [4.69, 9.17) is 4.74 Å². The Bertz CT molecular complexity index is 1140. The van der Waals surface area contributed by atoms with Crippen LogP contribution in [0.1, 0.15) is 34.6 Å². The van der Waals surface area contributed by atoms with E-state index >= 15 is 0 Å². The SMILES string of the molecule is CO[C@@H]1C[C@H]2CN(C(=O)c3ccc4nc(C)c(C)nc4c3)C[C@H]2C[C@H]1Nc1ccccn1. The van der Waals surface area contributed by atoms with Crippen LogP contribution in [0.25, 0.3) is 11.0 Å². The third kappa shape index (κ3) is 3.93. The number of fused-ring (bicyclic) bond motifs is 2. The number of hydrogen-bond donors (Lipinski definition) is 1. The van der Waals surface area contributed by atoms with E-state index in [2.05, 4.69) is 20.3 Å². The normalized spacial score (nSPS) is 25.0. The number of hydrogen-bond acceptors (Lipinski definition) is 6. The molecule has 1 aliphatic heterocycles. The molecule has 166 valence electrons. The second-order valence-corrected chi connectivity index (χ2v) is 9.04. The van der Waals surface area contributed by atoms with E-state index in [-0.39, 0.29) is 18.1 Å². The second-order valence-electron chi connectivity index (χ2n) is 9.04. The van der Waals surface area contributed by atoms with Crippen molar-refractivity contribution in [3.63, 3.8) is 0 Å². The fraction of sp³-hybridized carbons (Fsp3) is 0.440. The number of carbonyl (C=O) groups is 1. The van der Waals surface area contributed by atoms with Gasteiger partial charge < -0.3 is 15.0 Å². The van der Waals surface area contributed by atoms with Crippen LogP contribution in [0.5, 0.6) is 0 Å². The highest BCUT2D eigenvalue weighted by molar-refractivity contribution is 5.97. The number of rotatable bonds is 4. The Morgan fingerprint density at radius 1 is 1.03 bits per heavy atom. The van der Waals surface area contributed by atoms with Gasteiger partial charge in [0.1, 0.15) is 5.82 Å². The fourth-order valence-corrected chi connectivity index (χ4v) is 5.18. The van der Waals surface area contributed by atoms with Crippen molar-refractivity contribution in [2.24, 2.45) is 11.8 Å². The number of likely N-dealkylation sites (tertiary alicyclic amines) is 1. The first-order valence-electron chi connectivity index (χ1n) is 11.3. The lowest BCUT2D eigenvalue weighted by Gasteiger charge is -2.37. The minimum atomic E-state index is 0.0736. The molecule has 0 radical (unpaired) electrons. The predicted molar refractivity (Wildman–Crippen MR) is 124 cm³/mol. The molecule has 1 amide bonds. The molecule has 2 aliphatic rings. The molecule has 1 N–H and O–H groups in total. The molecule has 2 aromatic heterocycles. The molecule has 1 aliphatic carbocycles. The molecule has 0 unspecified atom stereocenters. The Labute approximate surface area is 188 Å². The van der Waals surface area contributed by atoms with Gasteiger partial charge in [-0.05, 0) is 68.9 Å². The van der Waals surface area contributed by atoms with Crippen molar-refractivity contribution in [2.75, 3.05) is 25.5 Å². The zero-order valence-electron chi connectivity index (χ0n) is 18.8. The maximum absolute atomic E-state index is 13.3. The van der Waals surface area contributed by atoms with Gasteiger partial charge >= 0.3 is 0 Å². The Hall–Kier alpha value is -3.06. The van der Waals surface area contributed by atoms with E-state index in [9.17, 15) is 4.79 Å². The monoisotopic (exact) mass is 431 g/mol. The Kier molecular flexibility index (Phi) is 5.51. The number of carbonyl (C=O) groups excluding carboxylic acids is 1. The molecule has 7 heteroatoms. The van der Waals surface area contributed by atoms with Crippen molar-refractivity contribution >= 4 is 22.8 Å². The molecule has 3 heterocycles. The van der Waals surface area contributed by atoms with Gasteiger partial charge in [0.15, 0.2) is 0 Å². The summed E-state index contributed by atoms with van der Waals surface area (Å²) in [4.78, 5) is 28.9. The minimum Gasteiger partial charge on any atom is -0.379 e. The summed E-state index contributed by atoms with van der Waals surface area (Å²) in [5.74, 6) is 1.85. The third-order valence-corrected chi connectivity index (χ3v) is 7.03. The smallest absolute Gasteiger partial charge is 0.253 e. The molecule has 5 rings (SSSR count). The average molecular weight is 432 g/mol. The molecule has 32 heavy (non-hydrogen) atoms. The Balaban J connectivity index is 1.31. The topological polar surface area (TPSA) is 80.2 Å². The molecular formula is C25H29N5O2. The number of aryl methyl sites for hydroxylation is 2. The summed E-state index contributed by atoms with van der Waals surface area (Å²) in [5.41, 5.74) is 4.09. The summed E-state index contributed by atoms with van der Waals surface area (Å²) >= 11 is 0. The standard InChI is InChI=1S/C25H29N5O2/c1-15-16(2)28-21-10-17(7-8-20(21)27-15)25(31)30-13-18-11-22(23(32-3)12-19(18)14-30)29-24-6-4-5-9-26-24/h4-10,18-19,22-23H,11-14H2,1-3H3,(H,26,29)/t18-,19+,22-,23-/m1/s1. The first-order chi connectivity index (χ1) is 15.5. The summed E-state index contributed by atoms with van der Waals surface area (Å²) in [6.45, 7) is 5.45. The first-order valence-corrected chi connectivity index (χ1v) is 11.3. The molecule has 1 saturated heterocycles. The van der Waals surface area contributed by atoms with Gasteiger partial charge in [-0.2, -0.15) is 0 Å². The summed E-state index contributed by atoms with van der Waals surface area (Å²) in [6.07, 6.45) is 3.81. The minimum absolute atomic E-state index is 0.0736. The van der Waals surface area contributed by atoms with E-state index in [1.54, 1.807) is 13.3 Å². The van der Waals surface area contributed by atoms with Gasteiger partial charge in [0.25, 0.3) is 5.91 Å². The zero-order valence-corrected chi connectivity index (χ0v) is 18.8. The van der Waals surface area contributed by atoms with E-state index in [0.717, 1.165) is 54.2 Å². The van der Waals surface area contributed by atoms with E-state index in [1.165, 1.54) is 0 Å². The third-order valence-electron chi connectivity index (χ3n) is 7.03. The highest BCUT2D eigenvalue weighted by atomic mass is 16.5. The van der Waals surface area contributed by atoms with Crippen molar-refractivity contribution in [3.8, 4) is 0 Å². The van der Waals surface area contributed by atoms with Crippen LogP contribution in [0.2, 0.25) is 0 Å². The van der Waals surface area contributed by atoms with Gasteiger partial charge in [0, 0.05) is 32.0 Å². The summed E-state index contributed by atoms with van der Waals surface area (Å²) in [5, 5.41) is 3.55. The number of benzene rings is 1. The molecule has 7 nitrogen and oxygen atoms in total. The highest BCUT2D eigenvalue weighted by Gasteiger charge is 2.43. The Morgan fingerprint density at radius 3 is 2.50 bits per heavy atom. The van der Waals surface area contributed by atoms with Crippen LogP contribution in [-0.2, 0) is 4.74 Å². The zero-order chi connectivity index (χ0) is 22.2. The van der Waals surface area contributed by atoms with Gasteiger partial charge in [-0.15, -0.1) is 0 Å². The van der Waals surface area contributed by atoms with Crippen LogP contribution in [0.4, 0.5) is 5.82 Å². The largest absolute Gasteiger partial charge is 0.379 e. The number of nitrogens with one attached hydrogen (secondary N) is 1. The lowest BCUT2D eigenvalue weighted by Crippen LogP contribution is -2.44. The number of ether oxygens (including phenoxy) is 1. The fourth-order valence-electron chi connectivity index (χ4n) is 5.18. The first kappa shape index (κ1) is 20.8. The summed E-state index contributed by atoms with van der Waals surface area (Å²) < 4.78 is 5.82. The number of aromatic nitrogens is 3. The van der Waals surface area contributed by atoms with E-state index in [1.807, 2.05) is 55.1 Å². The van der Waals surface area contributed by atoms with Gasteiger partial charge in [0.05, 0.1) is 34.6 Å². The van der Waals surface area contributed by atoms with Crippen LogP contribution in [-0.4, -0.2) is 58.1 Å². The Morgan fingerprint density at radius 2 is 1.78 bits per heavy atom. The maximum Gasteiger partial charge on any atom is 0.253 e. The van der Waals surface area contributed by atoms with E-state index < -0.39 is 0 Å². The molecule has 2 fully saturated rings. The van der Waals surface area contributed by atoms with Gasteiger partial charge in [-0.1, -0.05) is 6.07 Å². The molecule has 1 aromatic carbocycles. The van der Waals surface area contributed by atoms with Gasteiger partial charge in [-0.25, -0.2) is 15.0 Å². The molecule has 0 bridgehead atoms. The number of amides is 1. The van der Waals surface area contributed by atoms with Crippen molar-refractivity contribution in [1.82, 2.24) is 19.9 Å². The van der Waals surface area contributed by atoms with Crippen LogP contribution >= 0.6 is 0 Å². The van der Waals surface area contributed by atoms with Crippen LogP contribution in [0, 0.1) is 25.7 Å². The number of anilines is 1. The quantitative estimate of drug-likeness (QED) is 0.680. The predicted octanol–water partition coefficient (Wildman–Crippen LogP) is 3.62. The van der Waals surface area contributed by atoms with Crippen LogP contribution in [0.3, 0.4) is 0 Å². The second kappa shape index (κ2) is 8.47. The molecule has 0 spiro atoms. The van der Waals surface area contributed by atoms with Gasteiger partial charge in [-0.3, -0.25) is 4.79 Å². The maximum atomic E-state index is 13.3. The molecule has 3 aromatic rings. The van der Waals surface area contributed by atoms with Crippen molar-refractivity contribution in [1.29, 1.82) is 0 Å². The van der Waals surface area contributed by atoms with E-state index in [0.29, 0.717) is 17.4 Å². The molecular weight excluding hydrogens is 402 g/mol. The van der Waals surface area contributed by atoms with Crippen molar-refractivity contribution in [3.05, 3.63) is 59.5 Å². The molecule has 4 atom stereocenters. The van der Waals surface area contributed by atoms with Crippen molar-refractivity contribution < 1.29 is 9.53 Å². The number of methoxy groups -OCH3 is 1. The summed E-state index contributed by atoms with van der Waals surface area (Å²) in [7, 11) is 1.77. The van der Waals surface area contributed by atoms with Crippen LogP contribution < -0.4 is 5.32 Å². The highest BCUT2D eigenvalue weighted by Crippen LogP contribution is 2.39. The van der Waals surface area contributed by atoms with Gasteiger partial charge in [0.2, 0.25) is 0 Å². The molecule has 1 saturated carbocycles. The lowest BCUT2D eigenvalue weighted by atomic mass is 9.77. The summed E-state index contributed by atoms with van der Waals surface area (Å²) in [6, 6.07) is 11.7. The number of pyridine rings is 1. The van der Waals surface area contributed by atoms with Crippen LogP contribution in [0.15, 0.2) is 42.6 Å². The number of nitrogens with zero attached hydrogens (tertiary/aromatic N) is 4.